The molecule has 0 unspecified atom stereocenters. The van der Waals surface area contributed by atoms with Gasteiger partial charge >= 0.3 is 0 Å². The van der Waals surface area contributed by atoms with Crippen molar-refractivity contribution in [1.82, 2.24) is 9.78 Å². The molecular weight excluding hydrogens is 162 g/mol. The maximum absolute atomic E-state index is 5.49. The monoisotopic (exact) mass is 172 g/mol. The van der Waals surface area contributed by atoms with E-state index in [1.54, 1.807) is 16.9 Å². The van der Waals surface area contributed by atoms with Crippen molar-refractivity contribution in [2.45, 2.75) is 6.54 Å². The lowest BCUT2D eigenvalue weighted by atomic mass is 10.2. The topological polar surface area (TPSA) is 43.8 Å². The summed E-state index contributed by atoms with van der Waals surface area (Å²) in [7, 11) is 0. The van der Waals surface area contributed by atoms with E-state index in [1.807, 2.05) is 24.3 Å². The molecule has 3 heteroatoms. The number of hydrogen-bond donors (Lipinski definition) is 1. The summed E-state index contributed by atoms with van der Waals surface area (Å²) in [4.78, 5) is 0. The first-order valence-electron chi connectivity index (χ1n) is 4.11. The van der Waals surface area contributed by atoms with E-state index in [0.29, 0.717) is 6.54 Å². The summed E-state index contributed by atoms with van der Waals surface area (Å²) in [5.41, 5.74) is 7.61. The molecule has 0 aliphatic heterocycles. The van der Waals surface area contributed by atoms with Crippen LogP contribution in [0.3, 0.4) is 0 Å². The van der Waals surface area contributed by atoms with Gasteiger partial charge in [-0.3, -0.25) is 0 Å². The van der Waals surface area contributed by atoms with Crippen molar-refractivity contribution in [2.75, 3.05) is 0 Å². The largest absolute Gasteiger partial charge is 0.326 e. The van der Waals surface area contributed by atoms with Crippen molar-refractivity contribution in [3.8, 4) is 5.69 Å². The molecule has 1 aromatic heterocycles. The Hall–Kier alpha value is -1.61. The molecular formula is C10H10N3. The van der Waals surface area contributed by atoms with E-state index >= 15 is 0 Å². The Morgan fingerprint density at radius 3 is 2.62 bits per heavy atom. The van der Waals surface area contributed by atoms with Gasteiger partial charge in [0.1, 0.15) is 0 Å². The third-order valence-corrected chi connectivity index (χ3v) is 1.87. The van der Waals surface area contributed by atoms with Crippen LogP contribution < -0.4 is 5.73 Å². The Bertz CT molecular complexity index is 362. The first-order chi connectivity index (χ1) is 6.40. The first kappa shape index (κ1) is 8.01. The number of aromatic nitrogens is 2. The van der Waals surface area contributed by atoms with Crippen molar-refractivity contribution in [3.05, 3.63) is 48.3 Å². The number of nitrogens with two attached hydrogens (primary N) is 1. The van der Waals surface area contributed by atoms with Crippen molar-refractivity contribution < 1.29 is 0 Å². The van der Waals surface area contributed by atoms with Crippen molar-refractivity contribution in [2.24, 2.45) is 5.73 Å². The molecule has 0 saturated carbocycles. The van der Waals surface area contributed by atoms with Gasteiger partial charge in [0.05, 0.1) is 18.1 Å². The van der Waals surface area contributed by atoms with Crippen LogP contribution in [0, 0.1) is 6.20 Å². The molecule has 0 spiro atoms. The SMILES string of the molecule is NCc1ccc(-n2[c]ccn2)cc1. The van der Waals surface area contributed by atoms with Gasteiger partial charge in [-0.2, -0.15) is 5.10 Å². The molecule has 0 aliphatic carbocycles. The van der Waals surface area contributed by atoms with Gasteiger partial charge in [-0.25, -0.2) is 4.68 Å². The van der Waals surface area contributed by atoms with E-state index < -0.39 is 0 Å². The summed E-state index contributed by atoms with van der Waals surface area (Å²) < 4.78 is 1.69. The zero-order valence-electron chi connectivity index (χ0n) is 7.14. The number of rotatable bonds is 2. The van der Waals surface area contributed by atoms with E-state index in [0.717, 1.165) is 11.3 Å². The molecule has 3 nitrogen and oxygen atoms in total. The van der Waals surface area contributed by atoms with Crippen molar-refractivity contribution in [3.63, 3.8) is 0 Å². The van der Waals surface area contributed by atoms with Gasteiger partial charge in [0.2, 0.25) is 0 Å². The molecule has 1 heterocycles. The van der Waals surface area contributed by atoms with E-state index in [4.69, 9.17) is 5.73 Å². The third kappa shape index (κ3) is 1.60. The summed E-state index contributed by atoms with van der Waals surface area (Å²) in [6.07, 6.45) is 4.67. The highest BCUT2D eigenvalue weighted by Crippen LogP contribution is 2.07. The van der Waals surface area contributed by atoms with E-state index in [-0.39, 0.29) is 0 Å². The summed E-state index contributed by atoms with van der Waals surface area (Å²) >= 11 is 0. The number of nitrogens with zero attached hydrogens (tertiary/aromatic N) is 2. The Morgan fingerprint density at radius 1 is 1.31 bits per heavy atom. The molecule has 2 rings (SSSR count). The smallest absolute Gasteiger partial charge is 0.0926 e. The van der Waals surface area contributed by atoms with Crippen LogP contribution in [0.2, 0.25) is 0 Å². The Balaban J connectivity index is 2.33. The second-order valence-electron chi connectivity index (χ2n) is 2.74. The van der Waals surface area contributed by atoms with Gasteiger partial charge < -0.3 is 5.73 Å². The fourth-order valence-electron chi connectivity index (χ4n) is 1.15. The molecule has 2 aromatic rings. The fourth-order valence-corrected chi connectivity index (χ4v) is 1.15. The third-order valence-electron chi connectivity index (χ3n) is 1.87. The lowest BCUT2D eigenvalue weighted by Crippen LogP contribution is -1.98. The lowest BCUT2D eigenvalue weighted by Gasteiger charge is -2.01. The summed E-state index contributed by atoms with van der Waals surface area (Å²) in [6.45, 7) is 0.573. The van der Waals surface area contributed by atoms with E-state index in [1.165, 1.54) is 0 Å². The van der Waals surface area contributed by atoms with Crippen LogP contribution in [0.15, 0.2) is 36.5 Å². The minimum Gasteiger partial charge on any atom is -0.326 e. The molecule has 0 aliphatic rings. The Morgan fingerprint density at radius 2 is 2.08 bits per heavy atom. The van der Waals surface area contributed by atoms with Crippen molar-refractivity contribution in [1.29, 1.82) is 0 Å². The second kappa shape index (κ2) is 3.41. The quantitative estimate of drug-likeness (QED) is 0.738. The average molecular weight is 172 g/mol. The molecule has 13 heavy (non-hydrogen) atoms. The predicted octanol–water partition coefficient (Wildman–Crippen LogP) is 1.13. The van der Waals surface area contributed by atoms with Crippen LogP contribution in [0.25, 0.3) is 5.69 Å². The van der Waals surface area contributed by atoms with Crippen LogP contribution in [-0.2, 0) is 6.54 Å². The van der Waals surface area contributed by atoms with E-state index in [2.05, 4.69) is 11.3 Å². The standard InChI is InChI=1S/C10H10N3/c11-8-9-2-4-10(5-3-9)13-7-1-6-12-13/h1-6H,8,11H2. The molecule has 0 bridgehead atoms. The molecule has 0 fully saturated rings. The number of benzene rings is 1. The zero-order valence-corrected chi connectivity index (χ0v) is 7.14. The number of hydrogen-bond acceptors (Lipinski definition) is 2. The summed E-state index contributed by atoms with van der Waals surface area (Å²) in [6, 6.07) is 9.71. The maximum Gasteiger partial charge on any atom is 0.0926 e. The molecule has 1 radical (unpaired) electrons. The molecule has 2 N–H and O–H groups in total. The Labute approximate surface area is 76.8 Å². The first-order valence-corrected chi connectivity index (χ1v) is 4.11. The molecule has 0 atom stereocenters. The zero-order chi connectivity index (χ0) is 9.10. The van der Waals surface area contributed by atoms with Gasteiger partial charge in [0.15, 0.2) is 0 Å². The highest BCUT2D eigenvalue weighted by atomic mass is 15.3. The minimum atomic E-state index is 0.573. The van der Waals surface area contributed by atoms with Gasteiger partial charge in [-0.1, -0.05) is 12.1 Å². The highest BCUT2D eigenvalue weighted by molar-refractivity contribution is 5.33. The van der Waals surface area contributed by atoms with Crippen molar-refractivity contribution >= 4 is 0 Å². The fraction of sp³-hybridized carbons (Fsp3) is 0.100. The highest BCUT2D eigenvalue weighted by Gasteiger charge is 1.95. The summed E-state index contributed by atoms with van der Waals surface area (Å²) in [5, 5.41) is 4.07. The van der Waals surface area contributed by atoms with Crippen LogP contribution >= 0.6 is 0 Å². The van der Waals surface area contributed by atoms with Crippen LogP contribution in [0.4, 0.5) is 0 Å². The Kier molecular flexibility index (Phi) is 2.10. The van der Waals surface area contributed by atoms with Gasteiger partial charge in [-0.15, -0.1) is 0 Å². The molecule has 1 aromatic carbocycles. The van der Waals surface area contributed by atoms with Crippen LogP contribution in [0.1, 0.15) is 5.56 Å². The maximum atomic E-state index is 5.49. The molecule has 0 amide bonds. The second-order valence-corrected chi connectivity index (χ2v) is 2.74. The van der Waals surface area contributed by atoms with Gasteiger partial charge in [0.25, 0.3) is 0 Å². The van der Waals surface area contributed by atoms with Crippen LogP contribution in [-0.4, -0.2) is 9.78 Å². The average Bonchev–Trinajstić information content (AvgIpc) is 2.71. The molecule has 0 saturated heterocycles. The lowest BCUT2D eigenvalue weighted by molar-refractivity contribution is 0.872. The molecule has 65 valence electrons. The summed E-state index contributed by atoms with van der Waals surface area (Å²) in [5.74, 6) is 0. The van der Waals surface area contributed by atoms with Crippen LogP contribution in [0.5, 0.6) is 0 Å². The predicted molar refractivity (Wildman–Crippen MR) is 50.3 cm³/mol. The van der Waals surface area contributed by atoms with Gasteiger partial charge in [-0.05, 0) is 23.8 Å². The van der Waals surface area contributed by atoms with Gasteiger partial charge in [0, 0.05) is 6.54 Å². The normalized spacial score (nSPS) is 10.2. The van der Waals surface area contributed by atoms with E-state index in [9.17, 15) is 0 Å². The minimum absolute atomic E-state index is 0.573.